The van der Waals surface area contributed by atoms with Crippen LogP contribution in [0, 0.1) is 11.7 Å². The van der Waals surface area contributed by atoms with E-state index in [4.69, 9.17) is 9.47 Å². The molecule has 0 radical (unpaired) electrons. The van der Waals surface area contributed by atoms with Crippen molar-refractivity contribution in [2.75, 3.05) is 30.0 Å². The topological polar surface area (TPSA) is 84.9 Å². The van der Waals surface area contributed by atoms with Crippen LogP contribution < -0.4 is 15.0 Å². The fourth-order valence-corrected chi connectivity index (χ4v) is 3.06. The summed E-state index contributed by atoms with van der Waals surface area (Å²) in [4.78, 5) is 37.8. The Hall–Kier alpha value is -3.42. The molecule has 1 heterocycles. The second-order valence-corrected chi connectivity index (χ2v) is 6.44. The van der Waals surface area contributed by atoms with Crippen molar-refractivity contribution in [1.82, 2.24) is 0 Å². The van der Waals surface area contributed by atoms with Crippen LogP contribution in [-0.2, 0) is 19.1 Å². The Morgan fingerprint density at radius 3 is 2.66 bits per heavy atom. The zero-order valence-electron chi connectivity index (χ0n) is 15.9. The lowest BCUT2D eigenvalue weighted by Crippen LogP contribution is -2.28. The van der Waals surface area contributed by atoms with Gasteiger partial charge >= 0.3 is 5.97 Å². The first-order valence-electron chi connectivity index (χ1n) is 9.22. The number of esters is 1. The first-order chi connectivity index (χ1) is 14.0. The molecule has 1 atom stereocenters. The number of hydrogen-bond donors (Lipinski definition) is 1. The highest BCUT2D eigenvalue weighted by atomic mass is 19.1. The average molecular weight is 400 g/mol. The molecule has 29 heavy (non-hydrogen) atoms. The first-order valence-corrected chi connectivity index (χ1v) is 9.22. The SMILES string of the molecule is CCOc1ccccc1NC(=O)COC(=O)[C@@H]1CC(=O)N(c2ccccc2F)C1. The second kappa shape index (κ2) is 9.18. The highest BCUT2D eigenvalue weighted by Crippen LogP contribution is 2.28. The summed E-state index contributed by atoms with van der Waals surface area (Å²) < 4.78 is 24.4. The van der Waals surface area contributed by atoms with E-state index in [9.17, 15) is 18.8 Å². The molecular weight excluding hydrogens is 379 g/mol. The summed E-state index contributed by atoms with van der Waals surface area (Å²) in [6.45, 7) is 1.78. The van der Waals surface area contributed by atoms with Crippen molar-refractivity contribution in [1.29, 1.82) is 0 Å². The Balaban J connectivity index is 1.54. The number of hydrogen-bond acceptors (Lipinski definition) is 5. The molecule has 152 valence electrons. The molecule has 0 aromatic heterocycles. The maximum atomic E-state index is 13.9. The van der Waals surface area contributed by atoms with Crippen molar-refractivity contribution in [3.63, 3.8) is 0 Å². The molecule has 1 aliphatic rings. The Labute approximate surface area is 167 Å². The molecule has 0 unspecified atom stereocenters. The first kappa shape index (κ1) is 20.3. The summed E-state index contributed by atoms with van der Waals surface area (Å²) in [5.74, 6) is -2.36. The van der Waals surface area contributed by atoms with E-state index in [1.165, 1.54) is 23.1 Å². The molecule has 7 nitrogen and oxygen atoms in total. The highest BCUT2D eigenvalue weighted by Gasteiger charge is 2.37. The minimum absolute atomic E-state index is 0.00733. The number of halogens is 1. The van der Waals surface area contributed by atoms with Crippen LogP contribution in [0.2, 0.25) is 0 Å². The number of ether oxygens (including phenoxy) is 2. The van der Waals surface area contributed by atoms with Crippen LogP contribution in [0.5, 0.6) is 5.75 Å². The Kier molecular flexibility index (Phi) is 6.43. The Morgan fingerprint density at radius 2 is 1.90 bits per heavy atom. The van der Waals surface area contributed by atoms with Crippen LogP contribution >= 0.6 is 0 Å². The normalized spacial score (nSPS) is 15.9. The molecule has 2 aromatic rings. The molecule has 3 rings (SSSR count). The van der Waals surface area contributed by atoms with E-state index in [1.54, 1.807) is 30.3 Å². The van der Waals surface area contributed by atoms with Crippen molar-refractivity contribution in [2.24, 2.45) is 5.92 Å². The summed E-state index contributed by atoms with van der Waals surface area (Å²) in [6.07, 6.45) is -0.0953. The molecule has 0 bridgehead atoms. The molecule has 1 aliphatic heterocycles. The molecule has 2 aromatic carbocycles. The van der Waals surface area contributed by atoms with Crippen LogP contribution in [-0.4, -0.2) is 37.5 Å². The van der Waals surface area contributed by atoms with Gasteiger partial charge in [-0.15, -0.1) is 0 Å². The minimum Gasteiger partial charge on any atom is -0.492 e. The maximum absolute atomic E-state index is 13.9. The summed E-state index contributed by atoms with van der Waals surface area (Å²) in [5, 5.41) is 2.62. The van der Waals surface area contributed by atoms with Gasteiger partial charge in [-0.2, -0.15) is 0 Å². The van der Waals surface area contributed by atoms with Gasteiger partial charge in [0.05, 0.1) is 23.9 Å². The van der Waals surface area contributed by atoms with Crippen molar-refractivity contribution in [2.45, 2.75) is 13.3 Å². The predicted molar refractivity (Wildman–Crippen MR) is 104 cm³/mol. The predicted octanol–water partition coefficient (Wildman–Crippen LogP) is 2.76. The van der Waals surface area contributed by atoms with Gasteiger partial charge in [0.2, 0.25) is 5.91 Å². The second-order valence-electron chi connectivity index (χ2n) is 6.44. The molecule has 0 spiro atoms. The number of nitrogens with one attached hydrogen (secondary N) is 1. The van der Waals surface area contributed by atoms with Crippen molar-refractivity contribution in [3.05, 3.63) is 54.3 Å². The fraction of sp³-hybridized carbons (Fsp3) is 0.286. The van der Waals surface area contributed by atoms with Gasteiger partial charge in [0.1, 0.15) is 11.6 Å². The summed E-state index contributed by atoms with van der Waals surface area (Å²) >= 11 is 0. The van der Waals surface area contributed by atoms with Crippen molar-refractivity contribution < 1.29 is 28.2 Å². The van der Waals surface area contributed by atoms with Gasteiger partial charge in [-0.1, -0.05) is 24.3 Å². The zero-order chi connectivity index (χ0) is 20.8. The van der Waals surface area contributed by atoms with Crippen molar-refractivity contribution >= 4 is 29.2 Å². The number of amides is 2. The standard InChI is InChI=1S/C21H21FN2O5/c1-2-28-18-10-6-4-8-16(18)23-19(25)13-29-21(27)14-11-20(26)24(12-14)17-9-5-3-7-15(17)22/h3-10,14H,2,11-13H2,1H3,(H,23,25)/t14-/m1/s1. The Bertz CT molecular complexity index is 917. The van der Waals surface area contributed by atoms with E-state index >= 15 is 0 Å². The van der Waals surface area contributed by atoms with Crippen LogP contribution in [0.25, 0.3) is 0 Å². The highest BCUT2D eigenvalue weighted by molar-refractivity contribution is 6.00. The van der Waals surface area contributed by atoms with E-state index in [0.717, 1.165) is 0 Å². The number of anilines is 2. The zero-order valence-corrected chi connectivity index (χ0v) is 15.9. The minimum atomic E-state index is -0.759. The molecule has 1 saturated heterocycles. The number of rotatable bonds is 7. The number of benzene rings is 2. The fourth-order valence-electron chi connectivity index (χ4n) is 3.06. The van der Waals surface area contributed by atoms with E-state index in [1.807, 2.05) is 6.92 Å². The van der Waals surface area contributed by atoms with E-state index in [0.29, 0.717) is 18.0 Å². The van der Waals surface area contributed by atoms with Crippen LogP contribution in [0.15, 0.2) is 48.5 Å². The quantitative estimate of drug-likeness (QED) is 0.723. The van der Waals surface area contributed by atoms with Crippen molar-refractivity contribution in [3.8, 4) is 5.75 Å². The molecule has 2 amide bonds. The van der Waals surface area contributed by atoms with E-state index < -0.39 is 30.2 Å². The van der Waals surface area contributed by atoms with Gasteiger partial charge < -0.3 is 19.7 Å². The van der Waals surface area contributed by atoms with Gasteiger partial charge in [0.25, 0.3) is 5.91 Å². The monoisotopic (exact) mass is 400 g/mol. The lowest BCUT2D eigenvalue weighted by atomic mass is 10.1. The third-order valence-corrected chi connectivity index (χ3v) is 4.41. The third-order valence-electron chi connectivity index (χ3n) is 4.41. The number of carbonyl (C=O) groups excluding carboxylic acids is 3. The van der Waals surface area contributed by atoms with Crippen LogP contribution in [0.4, 0.5) is 15.8 Å². The van der Waals surface area contributed by atoms with Gasteiger partial charge in [0.15, 0.2) is 6.61 Å². The maximum Gasteiger partial charge on any atom is 0.311 e. The lowest BCUT2D eigenvalue weighted by molar-refractivity contribution is -0.151. The number of carbonyl (C=O) groups is 3. The summed E-state index contributed by atoms with van der Waals surface area (Å²) in [6, 6.07) is 12.8. The summed E-state index contributed by atoms with van der Waals surface area (Å²) in [5.41, 5.74) is 0.593. The molecule has 1 N–H and O–H groups in total. The van der Waals surface area contributed by atoms with Crippen LogP contribution in [0.3, 0.4) is 0 Å². The molecule has 0 saturated carbocycles. The number of para-hydroxylation sites is 3. The third kappa shape index (κ3) is 4.90. The molecule has 0 aliphatic carbocycles. The van der Waals surface area contributed by atoms with Gasteiger partial charge in [-0.3, -0.25) is 14.4 Å². The van der Waals surface area contributed by atoms with Gasteiger partial charge in [0, 0.05) is 13.0 Å². The van der Waals surface area contributed by atoms with E-state index in [2.05, 4.69) is 5.32 Å². The average Bonchev–Trinajstić information content (AvgIpc) is 3.10. The smallest absolute Gasteiger partial charge is 0.311 e. The Morgan fingerprint density at radius 1 is 1.17 bits per heavy atom. The lowest BCUT2D eigenvalue weighted by Gasteiger charge is -2.17. The molecule has 8 heteroatoms. The molecular formula is C21H21FN2O5. The largest absolute Gasteiger partial charge is 0.492 e. The number of nitrogens with zero attached hydrogens (tertiary/aromatic N) is 1. The van der Waals surface area contributed by atoms with Gasteiger partial charge in [-0.05, 0) is 31.2 Å². The summed E-state index contributed by atoms with van der Waals surface area (Å²) in [7, 11) is 0. The van der Waals surface area contributed by atoms with Gasteiger partial charge in [-0.25, -0.2) is 4.39 Å². The molecule has 1 fully saturated rings. The van der Waals surface area contributed by atoms with E-state index in [-0.39, 0.29) is 24.6 Å². The van der Waals surface area contributed by atoms with Crippen LogP contribution in [0.1, 0.15) is 13.3 Å².